The number of likely N-dealkylation sites (tertiary alicyclic amines) is 1. The molecule has 2 amide bonds. The maximum atomic E-state index is 13.2. The summed E-state index contributed by atoms with van der Waals surface area (Å²) in [6.07, 6.45) is 9.43. The average Bonchev–Trinajstić information content (AvgIpc) is 3.23. The molecule has 26 heavy (non-hydrogen) atoms. The first kappa shape index (κ1) is 17.6. The largest absolute Gasteiger partial charge is 0.345 e. The first-order valence-corrected chi connectivity index (χ1v) is 9.95. The van der Waals surface area contributed by atoms with Crippen LogP contribution < -0.4 is 5.32 Å². The number of rotatable bonds is 4. The van der Waals surface area contributed by atoms with Crippen molar-refractivity contribution in [3.63, 3.8) is 0 Å². The molecule has 4 rings (SSSR count). The van der Waals surface area contributed by atoms with Gasteiger partial charge in [-0.2, -0.15) is 5.10 Å². The molecule has 0 aromatic carbocycles. The monoisotopic (exact) mass is 358 g/mol. The third kappa shape index (κ3) is 2.93. The highest BCUT2D eigenvalue weighted by atomic mass is 16.2. The molecule has 1 saturated heterocycles. The molecule has 1 atom stereocenters. The van der Waals surface area contributed by atoms with Gasteiger partial charge in [0.15, 0.2) is 0 Å². The van der Waals surface area contributed by atoms with E-state index in [1.54, 1.807) is 10.9 Å². The highest BCUT2D eigenvalue weighted by Crippen LogP contribution is 2.59. The van der Waals surface area contributed by atoms with E-state index in [1.165, 1.54) is 19.3 Å². The fourth-order valence-electron chi connectivity index (χ4n) is 4.89. The van der Waals surface area contributed by atoms with Crippen LogP contribution in [-0.4, -0.2) is 45.1 Å². The Morgan fingerprint density at radius 1 is 1.23 bits per heavy atom. The van der Waals surface area contributed by atoms with Crippen molar-refractivity contribution in [3.05, 3.63) is 17.5 Å². The minimum absolute atomic E-state index is 0.0551. The number of aromatic nitrogens is 2. The number of nitrogens with one attached hydrogen (secondary N) is 1. The lowest BCUT2D eigenvalue weighted by molar-refractivity contribution is -0.143. The molecule has 2 heterocycles. The number of hydrogen-bond donors (Lipinski definition) is 1. The van der Waals surface area contributed by atoms with Gasteiger partial charge < -0.3 is 10.2 Å². The minimum Gasteiger partial charge on any atom is -0.345 e. The average molecular weight is 358 g/mol. The lowest BCUT2D eigenvalue weighted by Crippen LogP contribution is -2.59. The third-order valence-electron chi connectivity index (χ3n) is 6.76. The summed E-state index contributed by atoms with van der Waals surface area (Å²) in [5.41, 5.74) is 0.924. The van der Waals surface area contributed by atoms with Gasteiger partial charge in [0.2, 0.25) is 5.91 Å². The zero-order valence-corrected chi connectivity index (χ0v) is 16.2. The molecule has 142 valence electrons. The zero-order valence-electron chi connectivity index (χ0n) is 16.2. The summed E-state index contributed by atoms with van der Waals surface area (Å²) < 4.78 is 1.67. The molecule has 3 aliphatic rings. The van der Waals surface area contributed by atoms with E-state index in [0.29, 0.717) is 23.9 Å². The molecule has 1 aliphatic heterocycles. The second-order valence-electron chi connectivity index (χ2n) is 8.93. The van der Waals surface area contributed by atoms with Crippen LogP contribution in [0, 0.1) is 18.3 Å². The van der Waals surface area contributed by atoms with Crippen LogP contribution in [0.1, 0.15) is 67.9 Å². The van der Waals surface area contributed by atoms with E-state index in [0.717, 1.165) is 37.9 Å². The van der Waals surface area contributed by atoms with Gasteiger partial charge in [0.05, 0.1) is 22.2 Å². The Morgan fingerprint density at radius 2 is 1.96 bits per heavy atom. The van der Waals surface area contributed by atoms with Gasteiger partial charge in [-0.3, -0.25) is 14.3 Å². The molecule has 6 heteroatoms. The predicted molar refractivity (Wildman–Crippen MR) is 98.6 cm³/mol. The van der Waals surface area contributed by atoms with Gasteiger partial charge in [-0.05, 0) is 58.3 Å². The van der Waals surface area contributed by atoms with Crippen molar-refractivity contribution < 1.29 is 9.59 Å². The lowest BCUT2D eigenvalue weighted by atomic mass is 9.72. The van der Waals surface area contributed by atoms with Crippen molar-refractivity contribution in [2.45, 2.75) is 64.3 Å². The van der Waals surface area contributed by atoms with Crippen LogP contribution in [0.4, 0.5) is 0 Å². The van der Waals surface area contributed by atoms with Crippen LogP contribution in [0.2, 0.25) is 0 Å². The highest BCUT2D eigenvalue weighted by molar-refractivity contribution is 5.95. The number of hydrogen-bond acceptors (Lipinski definition) is 3. The molecule has 1 aromatic heterocycles. The standard InChI is InChI=1S/C20H30N4O2/c1-14-16(12-23(3)22-14)17(25)21-19(2)8-5-11-24(13-19)18(26)20(9-10-20)15-6-4-7-15/h12,15H,4-11,13H2,1-3H3,(H,21,25). The van der Waals surface area contributed by atoms with Crippen LogP contribution >= 0.6 is 0 Å². The van der Waals surface area contributed by atoms with Crippen LogP contribution in [0.3, 0.4) is 0 Å². The van der Waals surface area contributed by atoms with Gasteiger partial charge in [-0.1, -0.05) is 6.42 Å². The van der Waals surface area contributed by atoms with E-state index < -0.39 is 0 Å². The number of carbonyl (C=O) groups is 2. The Hall–Kier alpha value is -1.85. The maximum absolute atomic E-state index is 13.2. The van der Waals surface area contributed by atoms with E-state index in [2.05, 4.69) is 17.3 Å². The fourth-order valence-corrected chi connectivity index (χ4v) is 4.89. The number of piperidine rings is 1. The second kappa shape index (κ2) is 6.10. The number of aryl methyl sites for hydroxylation is 2. The Morgan fingerprint density at radius 3 is 2.50 bits per heavy atom. The summed E-state index contributed by atoms with van der Waals surface area (Å²) in [6.45, 7) is 5.36. The van der Waals surface area contributed by atoms with Crippen LogP contribution in [0.25, 0.3) is 0 Å². The molecule has 3 fully saturated rings. The second-order valence-corrected chi connectivity index (χ2v) is 8.93. The molecular weight excluding hydrogens is 328 g/mol. The van der Waals surface area contributed by atoms with E-state index in [-0.39, 0.29) is 16.9 Å². The number of carbonyl (C=O) groups excluding carboxylic acids is 2. The van der Waals surface area contributed by atoms with Crippen molar-refractivity contribution in [2.24, 2.45) is 18.4 Å². The van der Waals surface area contributed by atoms with E-state index in [4.69, 9.17) is 0 Å². The molecule has 1 unspecified atom stereocenters. The minimum atomic E-state index is -0.372. The van der Waals surface area contributed by atoms with Crippen LogP contribution in [0.15, 0.2) is 6.20 Å². The fraction of sp³-hybridized carbons (Fsp3) is 0.750. The maximum Gasteiger partial charge on any atom is 0.255 e. The van der Waals surface area contributed by atoms with Crippen molar-refractivity contribution in [2.75, 3.05) is 13.1 Å². The SMILES string of the molecule is Cc1nn(C)cc1C(=O)NC1(C)CCCN(C(=O)C2(C3CCC3)CC2)C1. The summed E-state index contributed by atoms with van der Waals surface area (Å²) in [6, 6.07) is 0. The smallest absolute Gasteiger partial charge is 0.255 e. The molecule has 2 saturated carbocycles. The van der Waals surface area contributed by atoms with Crippen molar-refractivity contribution in [3.8, 4) is 0 Å². The molecule has 2 aliphatic carbocycles. The molecule has 6 nitrogen and oxygen atoms in total. The molecule has 1 aromatic rings. The van der Waals surface area contributed by atoms with Gasteiger partial charge in [-0.15, -0.1) is 0 Å². The quantitative estimate of drug-likeness (QED) is 0.899. The summed E-state index contributed by atoms with van der Waals surface area (Å²) >= 11 is 0. The Kier molecular flexibility index (Phi) is 4.12. The Bertz CT molecular complexity index is 732. The van der Waals surface area contributed by atoms with Crippen molar-refractivity contribution >= 4 is 11.8 Å². The first-order valence-electron chi connectivity index (χ1n) is 9.95. The summed E-state index contributed by atoms with van der Waals surface area (Å²) in [4.78, 5) is 28.0. The topological polar surface area (TPSA) is 67.2 Å². The predicted octanol–water partition coefficient (Wildman–Crippen LogP) is 2.42. The first-order chi connectivity index (χ1) is 12.3. The highest BCUT2D eigenvalue weighted by Gasteiger charge is 2.58. The van der Waals surface area contributed by atoms with Gasteiger partial charge in [-0.25, -0.2) is 0 Å². The Balaban J connectivity index is 1.44. The molecule has 0 bridgehead atoms. The number of amides is 2. The number of nitrogens with zero attached hydrogens (tertiary/aromatic N) is 3. The van der Waals surface area contributed by atoms with Gasteiger partial charge in [0.25, 0.3) is 5.91 Å². The van der Waals surface area contributed by atoms with Crippen LogP contribution in [0.5, 0.6) is 0 Å². The van der Waals surface area contributed by atoms with Crippen molar-refractivity contribution in [1.82, 2.24) is 20.0 Å². The van der Waals surface area contributed by atoms with Gasteiger partial charge in [0.1, 0.15) is 0 Å². The van der Waals surface area contributed by atoms with E-state index in [1.807, 2.05) is 18.9 Å². The molecule has 0 spiro atoms. The zero-order chi connectivity index (χ0) is 18.5. The summed E-state index contributed by atoms with van der Waals surface area (Å²) in [7, 11) is 1.82. The molecule has 0 radical (unpaired) electrons. The van der Waals surface area contributed by atoms with E-state index >= 15 is 0 Å². The molecular formula is C20H30N4O2. The third-order valence-corrected chi connectivity index (χ3v) is 6.76. The van der Waals surface area contributed by atoms with Crippen molar-refractivity contribution in [1.29, 1.82) is 0 Å². The molecule has 1 N–H and O–H groups in total. The van der Waals surface area contributed by atoms with Gasteiger partial charge >= 0.3 is 0 Å². The normalized spacial score (nSPS) is 27.7. The summed E-state index contributed by atoms with van der Waals surface area (Å²) in [5.74, 6) is 0.864. The summed E-state index contributed by atoms with van der Waals surface area (Å²) in [5, 5.41) is 7.45. The lowest BCUT2D eigenvalue weighted by Gasteiger charge is -2.44. The van der Waals surface area contributed by atoms with E-state index in [9.17, 15) is 9.59 Å². The van der Waals surface area contributed by atoms with Gasteiger partial charge in [0, 0.05) is 26.3 Å². The van der Waals surface area contributed by atoms with Crippen LogP contribution in [-0.2, 0) is 11.8 Å². The Labute approximate surface area is 155 Å².